The number of methoxy groups -OCH3 is 1. The first-order valence-electron chi connectivity index (χ1n) is 6.40. The van der Waals surface area contributed by atoms with E-state index in [2.05, 4.69) is 10.6 Å². The van der Waals surface area contributed by atoms with Crippen molar-refractivity contribution in [2.75, 3.05) is 24.4 Å². The van der Waals surface area contributed by atoms with Gasteiger partial charge in [-0.05, 0) is 18.2 Å². The van der Waals surface area contributed by atoms with Crippen LogP contribution in [0, 0.1) is 5.92 Å². The third-order valence-electron chi connectivity index (χ3n) is 3.11. The van der Waals surface area contributed by atoms with Gasteiger partial charge < -0.3 is 15.4 Å². The molecule has 2 amide bonds. The van der Waals surface area contributed by atoms with Gasteiger partial charge in [-0.1, -0.05) is 11.6 Å². The molecule has 1 fully saturated rings. The average molecular weight is 311 g/mol. The lowest BCUT2D eigenvalue weighted by Gasteiger charge is -2.23. The van der Waals surface area contributed by atoms with E-state index >= 15 is 0 Å². The van der Waals surface area contributed by atoms with Crippen molar-refractivity contribution in [3.63, 3.8) is 0 Å². The molecule has 1 aromatic rings. The Labute approximate surface area is 126 Å². The minimum atomic E-state index is -0.316. The fourth-order valence-electron chi connectivity index (χ4n) is 1.93. The molecule has 112 valence electrons. The van der Waals surface area contributed by atoms with Crippen molar-refractivity contribution in [1.29, 1.82) is 0 Å². The summed E-state index contributed by atoms with van der Waals surface area (Å²) in [5.41, 5.74) is 0.963. The van der Waals surface area contributed by atoms with E-state index in [-0.39, 0.29) is 30.1 Å². The number of ketones is 1. The highest BCUT2D eigenvalue weighted by Gasteiger charge is 2.32. The predicted molar refractivity (Wildman–Crippen MR) is 78.3 cm³/mol. The Bertz CT molecular complexity index is 580. The van der Waals surface area contributed by atoms with Crippen LogP contribution in [0.5, 0.6) is 0 Å². The molecule has 2 rings (SSSR count). The second-order valence-corrected chi connectivity index (χ2v) is 5.22. The maximum Gasteiger partial charge on any atom is 0.250 e. The second kappa shape index (κ2) is 6.69. The molecule has 7 heteroatoms. The Morgan fingerprint density at radius 1 is 1.33 bits per heavy atom. The van der Waals surface area contributed by atoms with E-state index < -0.39 is 0 Å². The number of hydrogen-bond acceptors (Lipinski definition) is 4. The normalized spacial score (nSPS) is 14.5. The van der Waals surface area contributed by atoms with Gasteiger partial charge in [-0.2, -0.15) is 0 Å². The fourth-order valence-corrected chi connectivity index (χ4v) is 2.16. The summed E-state index contributed by atoms with van der Waals surface area (Å²) in [6.45, 7) is -0.0650. The largest absolute Gasteiger partial charge is 0.375 e. The molecule has 0 heterocycles. The van der Waals surface area contributed by atoms with E-state index in [0.717, 1.165) is 0 Å². The SMILES string of the molecule is COCC(=O)Nc1ccc(NC(=O)C2CC(=O)C2)cc1Cl. The second-order valence-electron chi connectivity index (χ2n) is 4.81. The minimum Gasteiger partial charge on any atom is -0.375 e. The third-order valence-corrected chi connectivity index (χ3v) is 3.42. The van der Waals surface area contributed by atoms with Gasteiger partial charge in [0.2, 0.25) is 11.8 Å². The predicted octanol–water partition coefficient (Wildman–Crippen LogP) is 1.84. The van der Waals surface area contributed by atoms with Crippen LogP contribution in [0.25, 0.3) is 0 Å². The summed E-state index contributed by atoms with van der Waals surface area (Å²) in [5, 5.41) is 5.59. The van der Waals surface area contributed by atoms with Crippen LogP contribution in [0.2, 0.25) is 5.02 Å². The first kappa shape index (κ1) is 15.5. The zero-order valence-electron chi connectivity index (χ0n) is 11.4. The molecule has 0 saturated heterocycles. The van der Waals surface area contributed by atoms with Gasteiger partial charge in [0.15, 0.2) is 0 Å². The Hall–Kier alpha value is -1.92. The monoisotopic (exact) mass is 310 g/mol. The molecule has 1 saturated carbocycles. The number of rotatable bonds is 5. The van der Waals surface area contributed by atoms with Crippen LogP contribution in [0.4, 0.5) is 11.4 Å². The van der Waals surface area contributed by atoms with Gasteiger partial charge in [0.1, 0.15) is 12.4 Å². The molecule has 0 aromatic heterocycles. The van der Waals surface area contributed by atoms with Crippen LogP contribution in [0.3, 0.4) is 0 Å². The van der Waals surface area contributed by atoms with Crippen LogP contribution >= 0.6 is 11.6 Å². The Kier molecular flexibility index (Phi) is 4.93. The zero-order valence-corrected chi connectivity index (χ0v) is 12.2. The van der Waals surface area contributed by atoms with E-state index in [4.69, 9.17) is 16.3 Å². The number of hydrogen-bond donors (Lipinski definition) is 2. The maximum absolute atomic E-state index is 11.8. The number of carbonyl (C=O) groups excluding carboxylic acids is 3. The van der Waals surface area contributed by atoms with E-state index in [0.29, 0.717) is 29.2 Å². The molecule has 0 unspecified atom stereocenters. The lowest BCUT2D eigenvalue weighted by Crippen LogP contribution is -2.34. The van der Waals surface area contributed by atoms with E-state index in [9.17, 15) is 14.4 Å². The molecule has 0 aliphatic heterocycles. The van der Waals surface area contributed by atoms with Crippen LogP contribution in [-0.2, 0) is 19.1 Å². The standard InChI is InChI=1S/C14H15ClN2O4/c1-21-7-13(19)17-12-3-2-9(6-11(12)15)16-14(20)8-4-10(18)5-8/h2-3,6,8H,4-5,7H2,1H3,(H,16,20)(H,17,19). The fraction of sp³-hybridized carbons (Fsp3) is 0.357. The van der Waals surface area contributed by atoms with Crippen LogP contribution in [-0.4, -0.2) is 31.3 Å². The maximum atomic E-state index is 11.8. The van der Waals surface area contributed by atoms with Gasteiger partial charge in [-0.15, -0.1) is 0 Å². The quantitative estimate of drug-likeness (QED) is 0.869. The van der Waals surface area contributed by atoms with Crippen molar-refractivity contribution in [3.05, 3.63) is 23.2 Å². The number of Topliss-reactive ketones (excluding diaryl/α,β-unsaturated/α-hetero) is 1. The average Bonchev–Trinajstić information content (AvgIpc) is 2.38. The molecule has 0 bridgehead atoms. The van der Waals surface area contributed by atoms with E-state index in [1.807, 2.05) is 0 Å². The Balaban J connectivity index is 1.96. The molecule has 21 heavy (non-hydrogen) atoms. The first-order valence-corrected chi connectivity index (χ1v) is 6.78. The van der Waals surface area contributed by atoms with Gasteiger partial charge in [-0.25, -0.2) is 0 Å². The first-order chi connectivity index (χ1) is 9.99. The van der Waals surface area contributed by atoms with Gasteiger partial charge in [0.05, 0.1) is 16.6 Å². The van der Waals surface area contributed by atoms with Crippen molar-refractivity contribution in [2.24, 2.45) is 5.92 Å². The molecular weight excluding hydrogens is 296 g/mol. The summed E-state index contributed by atoms with van der Waals surface area (Å²) in [7, 11) is 1.42. The highest BCUT2D eigenvalue weighted by atomic mass is 35.5. The Morgan fingerprint density at radius 3 is 2.62 bits per heavy atom. The number of amides is 2. The van der Waals surface area contributed by atoms with E-state index in [1.54, 1.807) is 18.2 Å². The molecule has 1 aliphatic rings. The third kappa shape index (κ3) is 4.03. The number of ether oxygens (including phenoxy) is 1. The number of nitrogens with one attached hydrogen (secondary N) is 2. The summed E-state index contributed by atoms with van der Waals surface area (Å²) < 4.78 is 4.71. The topological polar surface area (TPSA) is 84.5 Å². The summed E-state index contributed by atoms with van der Waals surface area (Å²) in [6.07, 6.45) is 0.593. The van der Waals surface area contributed by atoms with Crippen LogP contribution in [0.15, 0.2) is 18.2 Å². The van der Waals surface area contributed by atoms with Crippen LogP contribution < -0.4 is 10.6 Å². The summed E-state index contributed by atoms with van der Waals surface area (Å²) >= 11 is 6.05. The summed E-state index contributed by atoms with van der Waals surface area (Å²) in [6, 6.07) is 4.77. The van der Waals surface area contributed by atoms with Gasteiger partial charge in [-0.3, -0.25) is 14.4 Å². The van der Waals surface area contributed by atoms with Gasteiger partial charge >= 0.3 is 0 Å². The van der Waals surface area contributed by atoms with Gasteiger partial charge in [0.25, 0.3) is 0 Å². The smallest absolute Gasteiger partial charge is 0.250 e. The molecule has 0 spiro atoms. The molecule has 1 aliphatic carbocycles. The Morgan fingerprint density at radius 2 is 2.05 bits per heavy atom. The molecule has 2 N–H and O–H groups in total. The highest BCUT2D eigenvalue weighted by Crippen LogP contribution is 2.28. The molecule has 6 nitrogen and oxygen atoms in total. The molecule has 0 atom stereocenters. The van der Waals surface area contributed by atoms with Crippen molar-refractivity contribution in [3.8, 4) is 0 Å². The number of anilines is 2. The van der Waals surface area contributed by atoms with Gasteiger partial charge in [0, 0.05) is 25.6 Å². The van der Waals surface area contributed by atoms with Crippen molar-refractivity contribution in [2.45, 2.75) is 12.8 Å². The zero-order chi connectivity index (χ0) is 15.4. The summed E-state index contributed by atoms with van der Waals surface area (Å²) in [4.78, 5) is 34.1. The number of halogens is 1. The minimum absolute atomic E-state index is 0.0650. The van der Waals surface area contributed by atoms with Crippen molar-refractivity contribution < 1.29 is 19.1 Å². The number of carbonyl (C=O) groups is 3. The highest BCUT2D eigenvalue weighted by molar-refractivity contribution is 6.34. The lowest BCUT2D eigenvalue weighted by molar-refractivity contribution is -0.135. The van der Waals surface area contributed by atoms with Crippen molar-refractivity contribution >= 4 is 40.6 Å². The van der Waals surface area contributed by atoms with E-state index in [1.165, 1.54) is 7.11 Å². The molecule has 1 aromatic carbocycles. The summed E-state index contributed by atoms with van der Waals surface area (Å²) in [5.74, 6) is -0.659. The number of benzene rings is 1. The molecular formula is C14H15ClN2O4. The van der Waals surface area contributed by atoms with Crippen molar-refractivity contribution in [1.82, 2.24) is 0 Å². The molecule has 0 radical (unpaired) electrons. The lowest BCUT2D eigenvalue weighted by atomic mass is 9.83. The van der Waals surface area contributed by atoms with Crippen LogP contribution in [0.1, 0.15) is 12.8 Å².